The molecule has 1 saturated heterocycles. The van der Waals surface area contributed by atoms with Gasteiger partial charge >= 0.3 is 0 Å². The van der Waals surface area contributed by atoms with Crippen molar-refractivity contribution in [3.05, 3.63) is 41.3 Å². The maximum Gasteiger partial charge on any atom is 0.103 e. The van der Waals surface area contributed by atoms with E-state index >= 15 is 0 Å². The normalized spacial score (nSPS) is 19.6. The van der Waals surface area contributed by atoms with E-state index in [9.17, 15) is 0 Å². The van der Waals surface area contributed by atoms with Gasteiger partial charge < -0.3 is 4.74 Å². The molecule has 1 aromatic carbocycles. The summed E-state index contributed by atoms with van der Waals surface area (Å²) in [6.07, 6.45) is 10.6. The largest absolute Gasteiger partial charge is 0.380 e. The molecule has 1 saturated carbocycles. The van der Waals surface area contributed by atoms with Crippen molar-refractivity contribution in [2.24, 2.45) is 0 Å². The third-order valence-corrected chi connectivity index (χ3v) is 6.92. The quantitative estimate of drug-likeness (QED) is 0.542. The topological polar surface area (TPSA) is 48.1 Å². The second kappa shape index (κ2) is 8.33. The molecule has 5 rings (SSSR count). The molecule has 160 valence electrons. The number of nitrogens with zero attached hydrogens (tertiary/aromatic N) is 5. The smallest absolute Gasteiger partial charge is 0.103 e. The van der Waals surface area contributed by atoms with Gasteiger partial charge in [-0.15, -0.1) is 0 Å². The van der Waals surface area contributed by atoms with Crippen molar-refractivity contribution in [3.63, 3.8) is 0 Å². The summed E-state index contributed by atoms with van der Waals surface area (Å²) in [5, 5.41) is 11.1. The Morgan fingerprint density at radius 3 is 2.67 bits per heavy atom. The van der Waals surface area contributed by atoms with Gasteiger partial charge in [-0.25, -0.2) is 4.68 Å². The average Bonchev–Trinajstić information content (AvgIpc) is 3.36. The molecule has 1 unspecified atom stereocenters. The summed E-state index contributed by atoms with van der Waals surface area (Å²) >= 11 is 6.73. The molecule has 6 nitrogen and oxygen atoms in total. The van der Waals surface area contributed by atoms with Crippen LogP contribution in [0.5, 0.6) is 0 Å². The zero-order chi connectivity index (χ0) is 20.7. The number of ether oxygens (including phenoxy) is 1. The number of piperidine rings is 1. The Morgan fingerprint density at radius 2 is 1.93 bits per heavy atom. The summed E-state index contributed by atoms with van der Waals surface area (Å²) in [6, 6.07) is 5.36. The standard InChI is InChI=1S/C23H30ClN5O/c1-3-30-15-16(2)27-8-6-17(7-9-27)21-11-23-18(10-22(21)24)12-26-29(23)20-13-25-28(14-20)19-4-5-19/h10-14,16-17,19H,3-9,15H2,1-2H3. The summed E-state index contributed by atoms with van der Waals surface area (Å²) in [7, 11) is 0. The summed E-state index contributed by atoms with van der Waals surface area (Å²) < 4.78 is 9.68. The van der Waals surface area contributed by atoms with Gasteiger partial charge in [0.1, 0.15) is 5.69 Å². The van der Waals surface area contributed by atoms with Crippen molar-refractivity contribution < 1.29 is 4.74 Å². The fourth-order valence-electron chi connectivity index (χ4n) is 4.60. The Morgan fingerprint density at radius 1 is 1.13 bits per heavy atom. The molecule has 1 aliphatic carbocycles. The van der Waals surface area contributed by atoms with Crippen LogP contribution in [-0.4, -0.2) is 56.8 Å². The molecular formula is C23H30ClN5O. The number of halogens is 1. The molecule has 1 aliphatic heterocycles. The Hall–Kier alpha value is -1.89. The van der Waals surface area contributed by atoms with Crippen molar-refractivity contribution in [3.8, 4) is 5.69 Å². The van der Waals surface area contributed by atoms with E-state index in [2.05, 4.69) is 52.0 Å². The molecule has 3 aromatic rings. The van der Waals surface area contributed by atoms with Gasteiger partial charge in [-0.2, -0.15) is 10.2 Å². The lowest BCUT2D eigenvalue weighted by Crippen LogP contribution is -2.41. The molecule has 1 atom stereocenters. The van der Waals surface area contributed by atoms with Crippen LogP contribution in [0.1, 0.15) is 57.1 Å². The molecule has 0 bridgehead atoms. The van der Waals surface area contributed by atoms with Gasteiger partial charge in [0.2, 0.25) is 0 Å². The van der Waals surface area contributed by atoms with Crippen LogP contribution in [-0.2, 0) is 4.74 Å². The number of rotatable bonds is 7. The SMILES string of the molecule is CCOCC(C)N1CCC(c2cc3c(cnn3-c3cnn(C4CC4)c3)cc2Cl)CC1. The fraction of sp³-hybridized carbons (Fsp3) is 0.565. The highest BCUT2D eigenvalue weighted by Gasteiger charge is 2.27. The Kier molecular flexibility index (Phi) is 5.56. The van der Waals surface area contributed by atoms with Crippen molar-refractivity contribution in [1.82, 2.24) is 24.5 Å². The second-order valence-corrected chi connectivity index (χ2v) is 9.12. The van der Waals surface area contributed by atoms with Crippen LogP contribution < -0.4 is 0 Å². The second-order valence-electron chi connectivity index (χ2n) is 8.72. The molecule has 0 spiro atoms. The first kappa shape index (κ1) is 20.0. The number of fused-ring (bicyclic) bond motifs is 1. The molecule has 30 heavy (non-hydrogen) atoms. The average molecular weight is 428 g/mol. The minimum Gasteiger partial charge on any atom is -0.380 e. The zero-order valence-electron chi connectivity index (χ0n) is 17.8. The van der Waals surface area contributed by atoms with Crippen molar-refractivity contribution in [2.75, 3.05) is 26.3 Å². The van der Waals surface area contributed by atoms with Gasteiger partial charge in [-0.1, -0.05) is 11.6 Å². The van der Waals surface area contributed by atoms with Crippen LogP contribution in [0.4, 0.5) is 0 Å². The number of hydrogen-bond donors (Lipinski definition) is 0. The lowest BCUT2D eigenvalue weighted by Gasteiger charge is -2.36. The lowest BCUT2D eigenvalue weighted by molar-refractivity contribution is 0.0608. The molecule has 0 amide bonds. The molecule has 0 N–H and O–H groups in total. The lowest BCUT2D eigenvalue weighted by atomic mass is 9.88. The Balaban J connectivity index is 1.36. The Bertz CT molecular complexity index is 1020. The number of hydrogen-bond acceptors (Lipinski definition) is 4. The number of likely N-dealkylation sites (tertiary alicyclic amines) is 1. The van der Waals surface area contributed by atoms with Gasteiger partial charge in [0.25, 0.3) is 0 Å². The summed E-state index contributed by atoms with van der Waals surface area (Å²) in [5.74, 6) is 0.481. The predicted octanol–water partition coefficient (Wildman–Crippen LogP) is 4.81. The third-order valence-electron chi connectivity index (χ3n) is 6.60. The fourth-order valence-corrected chi connectivity index (χ4v) is 4.93. The Labute approximate surface area is 182 Å². The van der Waals surface area contributed by atoms with Crippen LogP contribution in [0, 0.1) is 0 Å². The predicted molar refractivity (Wildman–Crippen MR) is 120 cm³/mol. The number of benzene rings is 1. The highest BCUT2D eigenvalue weighted by atomic mass is 35.5. The highest BCUT2D eigenvalue weighted by molar-refractivity contribution is 6.32. The summed E-state index contributed by atoms with van der Waals surface area (Å²) in [5.41, 5.74) is 3.37. The minimum atomic E-state index is 0.466. The molecule has 2 fully saturated rings. The van der Waals surface area contributed by atoms with Crippen molar-refractivity contribution >= 4 is 22.5 Å². The van der Waals surface area contributed by atoms with Crippen LogP contribution >= 0.6 is 11.6 Å². The molecule has 0 radical (unpaired) electrons. The maximum atomic E-state index is 6.73. The van der Waals surface area contributed by atoms with Gasteiger partial charge in [-0.05, 0) is 76.2 Å². The third kappa shape index (κ3) is 3.88. The van der Waals surface area contributed by atoms with E-state index in [0.717, 1.165) is 60.8 Å². The first-order valence-electron chi connectivity index (χ1n) is 11.2. The van der Waals surface area contributed by atoms with E-state index in [1.54, 1.807) is 0 Å². The zero-order valence-corrected chi connectivity index (χ0v) is 18.6. The van der Waals surface area contributed by atoms with Gasteiger partial charge in [-0.3, -0.25) is 9.58 Å². The molecule has 3 heterocycles. The van der Waals surface area contributed by atoms with E-state index < -0.39 is 0 Å². The van der Waals surface area contributed by atoms with E-state index in [-0.39, 0.29) is 0 Å². The van der Waals surface area contributed by atoms with Crippen LogP contribution in [0.15, 0.2) is 30.7 Å². The molecule has 2 aromatic heterocycles. The first-order valence-corrected chi connectivity index (χ1v) is 11.6. The minimum absolute atomic E-state index is 0.466. The summed E-state index contributed by atoms with van der Waals surface area (Å²) in [4.78, 5) is 2.54. The van der Waals surface area contributed by atoms with E-state index in [1.165, 1.54) is 18.4 Å². The van der Waals surface area contributed by atoms with Crippen LogP contribution in [0.2, 0.25) is 5.02 Å². The molecule has 7 heteroatoms. The van der Waals surface area contributed by atoms with Crippen molar-refractivity contribution in [2.45, 2.75) is 57.5 Å². The van der Waals surface area contributed by atoms with Crippen LogP contribution in [0.25, 0.3) is 16.6 Å². The van der Waals surface area contributed by atoms with Gasteiger partial charge in [0.15, 0.2) is 0 Å². The first-order chi connectivity index (χ1) is 14.6. The molecular weight excluding hydrogens is 398 g/mol. The number of aromatic nitrogens is 4. The van der Waals surface area contributed by atoms with Crippen molar-refractivity contribution in [1.29, 1.82) is 0 Å². The monoisotopic (exact) mass is 427 g/mol. The van der Waals surface area contributed by atoms with Crippen LogP contribution in [0.3, 0.4) is 0 Å². The summed E-state index contributed by atoms with van der Waals surface area (Å²) in [6.45, 7) is 8.07. The maximum absolute atomic E-state index is 6.73. The van der Waals surface area contributed by atoms with E-state index in [1.807, 2.05) is 17.1 Å². The van der Waals surface area contributed by atoms with Gasteiger partial charge in [0, 0.05) is 23.1 Å². The van der Waals surface area contributed by atoms with E-state index in [4.69, 9.17) is 16.3 Å². The molecule has 2 aliphatic rings. The van der Waals surface area contributed by atoms with E-state index in [0.29, 0.717) is 18.0 Å². The van der Waals surface area contributed by atoms with Gasteiger partial charge in [0.05, 0.1) is 36.8 Å². The highest BCUT2D eigenvalue weighted by Crippen LogP contribution is 2.37.